The van der Waals surface area contributed by atoms with Crippen LogP contribution >= 0.6 is 11.3 Å². The molecule has 2 rings (SSSR count). The zero-order valence-electron chi connectivity index (χ0n) is 12.2. The highest BCUT2D eigenvalue weighted by Gasteiger charge is 2.29. The van der Waals surface area contributed by atoms with Gasteiger partial charge in [0.15, 0.2) is 5.78 Å². The highest BCUT2D eigenvalue weighted by Crippen LogP contribution is 2.32. The Hall–Kier alpha value is -0.710. The molecule has 19 heavy (non-hydrogen) atoms. The van der Waals surface area contributed by atoms with Crippen LogP contribution in [0.1, 0.15) is 43.7 Å². The lowest BCUT2D eigenvalue weighted by Gasteiger charge is -2.34. The lowest BCUT2D eigenvalue weighted by Crippen LogP contribution is -2.39. The van der Waals surface area contributed by atoms with Crippen molar-refractivity contribution in [2.75, 3.05) is 20.2 Å². The highest BCUT2D eigenvalue weighted by molar-refractivity contribution is 7.10. The first-order chi connectivity index (χ1) is 8.95. The molecule has 2 heterocycles. The maximum absolute atomic E-state index is 12.1. The first kappa shape index (κ1) is 14.7. The number of thiophene rings is 1. The molecule has 0 saturated carbocycles. The molecule has 0 amide bonds. The van der Waals surface area contributed by atoms with Gasteiger partial charge in [-0.05, 0) is 44.2 Å². The molecule has 1 aromatic rings. The minimum atomic E-state index is -0.660. The van der Waals surface area contributed by atoms with E-state index in [1.807, 2.05) is 25.2 Å². The Morgan fingerprint density at radius 3 is 3.00 bits per heavy atom. The molecule has 1 aliphatic heterocycles. The van der Waals surface area contributed by atoms with Gasteiger partial charge in [0.05, 0.1) is 0 Å². The Morgan fingerprint density at radius 2 is 2.32 bits per heavy atom. The highest BCUT2D eigenvalue weighted by atomic mass is 32.1. The number of fused-ring (bicyclic) bond motifs is 1. The summed E-state index contributed by atoms with van der Waals surface area (Å²) in [5.41, 5.74) is 0.779. The number of nitrogens with zero attached hydrogens (tertiary/aromatic N) is 1. The van der Waals surface area contributed by atoms with Crippen molar-refractivity contribution in [3.63, 3.8) is 0 Å². The fourth-order valence-electron chi connectivity index (χ4n) is 2.53. The van der Waals surface area contributed by atoms with Crippen LogP contribution in [0.4, 0.5) is 0 Å². The van der Waals surface area contributed by atoms with Crippen LogP contribution in [0.3, 0.4) is 0 Å². The average molecular weight is 281 g/mol. The minimum Gasteiger partial charge on any atom is -0.371 e. The number of methoxy groups -OCH3 is 1. The zero-order chi connectivity index (χ0) is 14.0. The Kier molecular flexibility index (Phi) is 4.43. The molecule has 1 atom stereocenters. The van der Waals surface area contributed by atoms with E-state index in [0.29, 0.717) is 12.5 Å². The Balaban J connectivity index is 1.93. The Morgan fingerprint density at radius 1 is 1.58 bits per heavy atom. The van der Waals surface area contributed by atoms with Crippen LogP contribution in [0.5, 0.6) is 0 Å². The molecule has 0 aromatic carbocycles. The standard InChI is InChI=1S/C15H23NO2S/c1-11-12-7-10-19-13(12)5-8-16(11)9-6-14(17)15(2,3)18-4/h7,10-11H,5-6,8-9H2,1-4H3. The van der Waals surface area contributed by atoms with E-state index in [-0.39, 0.29) is 5.78 Å². The van der Waals surface area contributed by atoms with Gasteiger partial charge in [-0.3, -0.25) is 9.69 Å². The second kappa shape index (κ2) is 5.73. The number of ketones is 1. The largest absolute Gasteiger partial charge is 0.371 e. The van der Waals surface area contributed by atoms with Crippen molar-refractivity contribution in [2.45, 2.75) is 45.3 Å². The summed E-state index contributed by atoms with van der Waals surface area (Å²) in [4.78, 5) is 16.0. The summed E-state index contributed by atoms with van der Waals surface area (Å²) in [6.07, 6.45) is 1.67. The zero-order valence-corrected chi connectivity index (χ0v) is 13.0. The van der Waals surface area contributed by atoms with Gasteiger partial charge in [0, 0.05) is 37.5 Å². The molecular weight excluding hydrogens is 258 g/mol. The van der Waals surface area contributed by atoms with Crippen LogP contribution in [0.15, 0.2) is 11.4 Å². The van der Waals surface area contributed by atoms with E-state index in [1.165, 1.54) is 10.4 Å². The summed E-state index contributed by atoms with van der Waals surface area (Å²) in [5, 5.41) is 2.17. The first-order valence-electron chi connectivity index (χ1n) is 6.84. The lowest BCUT2D eigenvalue weighted by atomic mass is 9.98. The quantitative estimate of drug-likeness (QED) is 0.831. The Bertz CT molecular complexity index is 453. The molecular formula is C15H23NO2S. The average Bonchev–Trinajstić information content (AvgIpc) is 2.86. The number of carbonyl (C=O) groups is 1. The van der Waals surface area contributed by atoms with E-state index in [1.54, 1.807) is 7.11 Å². The molecule has 0 fully saturated rings. The fraction of sp³-hybridized carbons (Fsp3) is 0.667. The van der Waals surface area contributed by atoms with Gasteiger partial charge < -0.3 is 4.74 Å². The second-order valence-electron chi connectivity index (χ2n) is 5.65. The first-order valence-corrected chi connectivity index (χ1v) is 7.72. The molecule has 1 aromatic heterocycles. The summed E-state index contributed by atoms with van der Waals surface area (Å²) < 4.78 is 5.24. The van der Waals surface area contributed by atoms with E-state index >= 15 is 0 Å². The van der Waals surface area contributed by atoms with Crippen LogP contribution < -0.4 is 0 Å². The van der Waals surface area contributed by atoms with Crippen LogP contribution in [-0.4, -0.2) is 36.5 Å². The third kappa shape index (κ3) is 3.07. The summed E-state index contributed by atoms with van der Waals surface area (Å²) in [7, 11) is 1.60. The molecule has 0 radical (unpaired) electrons. The third-order valence-electron chi connectivity index (χ3n) is 4.21. The van der Waals surface area contributed by atoms with Crippen molar-refractivity contribution < 1.29 is 9.53 Å². The van der Waals surface area contributed by atoms with Gasteiger partial charge in [-0.1, -0.05) is 0 Å². The Labute approximate surface area is 119 Å². The van der Waals surface area contributed by atoms with Crippen molar-refractivity contribution in [1.82, 2.24) is 4.90 Å². The third-order valence-corrected chi connectivity index (χ3v) is 5.21. The van der Waals surface area contributed by atoms with Crippen molar-refractivity contribution in [3.8, 4) is 0 Å². The van der Waals surface area contributed by atoms with Crippen molar-refractivity contribution >= 4 is 17.1 Å². The van der Waals surface area contributed by atoms with E-state index in [4.69, 9.17) is 4.74 Å². The molecule has 0 aliphatic carbocycles. The molecule has 106 valence electrons. The number of Topliss-reactive ketones (excluding diaryl/α,β-unsaturated/α-hetero) is 1. The monoisotopic (exact) mass is 281 g/mol. The van der Waals surface area contributed by atoms with Crippen LogP contribution in [0.25, 0.3) is 0 Å². The maximum Gasteiger partial charge on any atom is 0.165 e. The summed E-state index contributed by atoms with van der Waals surface area (Å²) in [5.74, 6) is 0.179. The van der Waals surface area contributed by atoms with Crippen LogP contribution in [-0.2, 0) is 16.0 Å². The smallest absolute Gasteiger partial charge is 0.165 e. The number of hydrogen-bond acceptors (Lipinski definition) is 4. The number of ether oxygens (including phenoxy) is 1. The van der Waals surface area contributed by atoms with E-state index in [2.05, 4.69) is 23.3 Å². The second-order valence-corrected chi connectivity index (χ2v) is 6.65. The van der Waals surface area contributed by atoms with E-state index in [9.17, 15) is 4.79 Å². The van der Waals surface area contributed by atoms with Crippen LogP contribution in [0.2, 0.25) is 0 Å². The molecule has 1 unspecified atom stereocenters. The topological polar surface area (TPSA) is 29.5 Å². The number of hydrogen-bond donors (Lipinski definition) is 0. The van der Waals surface area contributed by atoms with E-state index in [0.717, 1.165) is 19.5 Å². The van der Waals surface area contributed by atoms with Gasteiger partial charge in [-0.25, -0.2) is 0 Å². The van der Waals surface area contributed by atoms with Crippen molar-refractivity contribution in [1.29, 1.82) is 0 Å². The van der Waals surface area contributed by atoms with Gasteiger partial charge in [-0.15, -0.1) is 11.3 Å². The summed E-state index contributed by atoms with van der Waals surface area (Å²) in [6.45, 7) is 7.78. The molecule has 3 nitrogen and oxygen atoms in total. The summed E-state index contributed by atoms with van der Waals surface area (Å²) >= 11 is 1.85. The molecule has 0 bridgehead atoms. The predicted octanol–water partition coefficient (Wildman–Crippen LogP) is 3.05. The van der Waals surface area contributed by atoms with Gasteiger partial charge in [-0.2, -0.15) is 0 Å². The SMILES string of the molecule is COC(C)(C)C(=O)CCN1CCc2sccc2C1C. The molecule has 0 N–H and O–H groups in total. The van der Waals surface area contributed by atoms with E-state index < -0.39 is 5.60 Å². The van der Waals surface area contributed by atoms with Crippen LogP contribution in [0, 0.1) is 0 Å². The van der Waals surface area contributed by atoms with Gasteiger partial charge in [0.1, 0.15) is 5.60 Å². The maximum atomic E-state index is 12.1. The van der Waals surface area contributed by atoms with Crippen molar-refractivity contribution in [2.24, 2.45) is 0 Å². The molecule has 0 saturated heterocycles. The lowest BCUT2D eigenvalue weighted by molar-refractivity contribution is -0.137. The molecule has 0 spiro atoms. The number of carbonyl (C=O) groups excluding carboxylic acids is 1. The number of rotatable bonds is 5. The normalized spacial score (nSPS) is 20.3. The van der Waals surface area contributed by atoms with Gasteiger partial charge in [0.2, 0.25) is 0 Å². The fourth-order valence-corrected chi connectivity index (χ4v) is 3.49. The summed E-state index contributed by atoms with van der Waals surface area (Å²) in [6, 6.07) is 2.64. The molecule has 4 heteroatoms. The minimum absolute atomic E-state index is 0.179. The van der Waals surface area contributed by atoms with Gasteiger partial charge in [0.25, 0.3) is 0 Å². The molecule has 1 aliphatic rings. The van der Waals surface area contributed by atoms with Gasteiger partial charge >= 0.3 is 0 Å². The van der Waals surface area contributed by atoms with Crippen molar-refractivity contribution in [3.05, 3.63) is 21.9 Å². The predicted molar refractivity (Wildman–Crippen MR) is 78.7 cm³/mol.